The van der Waals surface area contributed by atoms with Crippen molar-refractivity contribution >= 4 is 43.5 Å². The molecule has 0 saturated carbocycles. The van der Waals surface area contributed by atoms with E-state index in [1.165, 1.54) is 12.1 Å². The van der Waals surface area contributed by atoms with E-state index in [9.17, 15) is 9.18 Å². The Morgan fingerprint density at radius 3 is 2.65 bits per heavy atom. The van der Waals surface area contributed by atoms with Gasteiger partial charge in [0.05, 0.1) is 11.7 Å². The number of aromatic nitrogens is 2. The summed E-state index contributed by atoms with van der Waals surface area (Å²) in [6, 6.07) is 9.64. The fraction of sp³-hybridized carbons (Fsp3) is 0.391. The highest BCUT2D eigenvalue weighted by molar-refractivity contribution is 7.17. The van der Waals surface area contributed by atoms with E-state index in [4.69, 9.17) is 11.6 Å². The summed E-state index contributed by atoms with van der Waals surface area (Å²) < 4.78 is 13.1. The maximum absolute atomic E-state index is 13.1. The highest BCUT2D eigenvalue weighted by atomic mass is 35.5. The zero-order chi connectivity index (χ0) is 22.2. The summed E-state index contributed by atoms with van der Waals surface area (Å²) >= 11 is 6.37. The van der Waals surface area contributed by atoms with Crippen molar-refractivity contribution in [3.05, 3.63) is 59.0 Å². The summed E-state index contributed by atoms with van der Waals surface area (Å²) in [6.45, 7) is 5.94. The highest BCUT2D eigenvalue weighted by Gasteiger charge is 2.39. The van der Waals surface area contributed by atoms with Crippen LogP contribution in [0.5, 0.6) is 0 Å². The minimum atomic E-state index is -0.319. The molecule has 1 aromatic heterocycles. The maximum atomic E-state index is 13.1. The van der Waals surface area contributed by atoms with Crippen LogP contribution in [0.2, 0.25) is 5.02 Å². The van der Waals surface area contributed by atoms with E-state index in [-0.39, 0.29) is 22.9 Å². The first kappa shape index (κ1) is 22.0. The molecule has 1 fully saturated rings. The highest BCUT2D eigenvalue weighted by Crippen LogP contribution is 2.50. The second-order valence-electron chi connectivity index (χ2n) is 8.83. The van der Waals surface area contributed by atoms with Crippen molar-refractivity contribution in [1.29, 1.82) is 0 Å². The number of aromatic amines is 1. The molecule has 0 aliphatic carbocycles. The number of urea groups is 1. The zero-order valence-electron chi connectivity index (χ0n) is 17.7. The van der Waals surface area contributed by atoms with Gasteiger partial charge in [-0.1, -0.05) is 25.4 Å². The van der Waals surface area contributed by atoms with Gasteiger partial charge in [-0.05, 0) is 66.1 Å². The van der Waals surface area contributed by atoms with Crippen molar-refractivity contribution in [2.75, 3.05) is 18.4 Å². The van der Waals surface area contributed by atoms with E-state index >= 15 is 0 Å². The molecule has 164 valence electrons. The van der Waals surface area contributed by atoms with Crippen molar-refractivity contribution in [1.82, 2.24) is 15.1 Å². The number of fused-ring (bicyclic) bond motifs is 1. The number of nitrogens with one attached hydrogen (secondary N) is 2. The van der Waals surface area contributed by atoms with Crippen LogP contribution < -0.4 is 5.32 Å². The first-order valence-corrected chi connectivity index (χ1v) is 11.5. The lowest BCUT2D eigenvalue weighted by molar-refractivity contribution is 0.113. The molecule has 1 aliphatic heterocycles. The molecule has 2 atom stereocenters. The molecular weight excluding hydrogens is 434 g/mol. The number of benzene rings is 2. The normalized spacial score (nSPS) is 16.5. The third-order valence-corrected chi connectivity index (χ3v) is 8.05. The van der Waals surface area contributed by atoms with Crippen LogP contribution in [-0.2, 0) is 0 Å². The van der Waals surface area contributed by atoms with Gasteiger partial charge in [0.1, 0.15) is 5.82 Å². The predicted molar refractivity (Wildman–Crippen MR) is 127 cm³/mol. The summed E-state index contributed by atoms with van der Waals surface area (Å²) in [5.74, 6) is 0.127. The number of H-pyrrole nitrogens is 1. The maximum Gasteiger partial charge on any atom is 0.321 e. The number of hydrogen-bond acceptors (Lipinski definition) is 2. The Kier molecular flexibility index (Phi) is 6.23. The molecule has 2 aromatic carbocycles. The Hall–Kier alpha value is -2.17. The van der Waals surface area contributed by atoms with Crippen LogP contribution in [0.25, 0.3) is 10.9 Å². The van der Waals surface area contributed by atoms with Crippen LogP contribution in [0.15, 0.2) is 42.6 Å². The third-order valence-electron chi connectivity index (χ3n) is 6.61. The van der Waals surface area contributed by atoms with Gasteiger partial charge in [-0.25, -0.2) is 9.18 Å². The first-order chi connectivity index (χ1) is 14.8. The molecule has 2 N–H and O–H groups in total. The Morgan fingerprint density at radius 2 is 1.97 bits per heavy atom. The van der Waals surface area contributed by atoms with Crippen LogP contribution in [0, 0.1) is 17.2 Å². The molecule has 1 aliphatic rings. The van der Waals surface area contributed by atoms with Crippen molar-refractivity contribution in [2.45, 2.75) is 32.3 Å². The number of nitrogens with zero attached hydrogens (tertiary/aromatic N) is 2. The monoisotopic (exact) mass is 460 g/mol. The third kappa shape index (κ3) is 4.56. The Balaban J connectivity index is 1.42. The van der Waals surface area contributed by atoms with Gasteiger partial charge < -0.3 is 10.2 Å². The SMILES string of the molecule is CC(C)(C1CCN(C(=O)Nc2ccc(F)cc2)CC1)C(P)c1cc(Cl)cc2cn[nH]c12. The number of likely N-dealkylation sites (tertiary alicyclic amines) is 1. The molecular formula is C23H27ClFN4OP. The summed E-state index contributed by atoms with van der Waals surface area (Å²) in [4.78, 5) is 14.4. The molecule has 1 saturated heterocycles. The van der Waals surface area contributed by atoms with Gasteiger partial charge in [0, 0.05) is 34.8 Å². The van der Waals surface area contributed by atoms with Crippen molar-refractivity contribution in [2.24, 2.45) is 11.3 Å². The van der Waals surface area contributed by atoms with Gasteiger partial charge in [-0.15, -0.1) is 9.24 Å². The molecule has 31 heavy (non-hydrogen) atoms. The largest absolute Gasteiger partial charge is 0.325 e. The van der Waals surface area contributed by atoms with Gasteiger partial charge in [-0.3, -0.25) is 5.10 Å². The standard InChI is InChI=1S/C23H27ClFN4OP/c1-23(2,21(31)19-12-16(24)11-14-13-26-28-20(14)19)15-7-9-29(10-8-15)22(30)27-18-5-3-17(25)4-6-18/h3-6,11-13,15,21H,7-10,31H2,1-2H3,(H,26,28)(H,27,30). The number of amides is 2. The molecule has 2 heterocycles. The molecule has 2 amide bonds. The number of piperidine rings is 1. The molecule has 0 spiro atoms. The van der Waals surface area contributed by atoms with E-state index < -0.39 is 0 Å². The van der Waals surface area contributed by atoms with Gasteiger partial charge in [0.2, 0.25) is 0 Å². The van der Waals surface area contributed by atoms with E-state index in [0.29, 0.717) is 29.7 Å². The Bertz CT molecular complexity index is 1080. The second-order valence-corrected chi connectivity index (χ2v) is 9.93. The van der Waals surface area contributed by atoms with Crippen molar-refractivity contribution in [3.63, 3.8) is 0 Å². The number of hydrogen-bond donors (Lipinski definition) is 2. The van der Waals surface area contributed by atoms with E-state index in [1.54, 1.807) is 18.3 Å². The average molecular weight is 461 g/mol. The number of rotatable bonds is 4. The summed E-state index contributed by atoms with van der Waals surface area (Å²) in [5.41, 5.74) is 2.93. The van der Waals surface area contributed by atoms with E-state index in [2.05, 4.69) is 38.6 Å². The second kappa shape index (κ2) is 8.76. The molecule has 2 unspecified atom stereocenters. The topological polar surface area (TPSA) is 61.0 Å². The van der Waals surface area contributed by atoms with Gasteiger partial charge >= 0.3 is 6.03 Å². The fourth-order valence-electron chi connectivity index (χ4n) is 4.51. The van der Waals surface area contributed by atoms with Gasteiger partial charge in [0.25, 0.3) is 0 Å². The van der Waals surface area contributed by atoms with Gasteiger partial charge in [-0.2, -0.15) is 5.10 Å². The summed E-state index contributed by atoms with van der Waals surface area (Å²) in [5, 5.41) is 11.9. The zero-order valence-corrected chi connectivity index (χ0v) is 19.6. The Morgan fingerprint density at radius 1 is 1.29 bits per heavy atom. The summed E-state index contributed by atoms with van der Waals surface area (Å²) in [7, 11) is 3.00. The van der Waals surface area contributed by atoms with Crippen LogP contribution in [-0.4, -0.2) is 34.2 Å². The minimum absolute atomic E-state index is 0.0209. The number of halogens is 2. The molecule has 0 radical (unpaired) electrons. The average Bonchev–Trinajstić information content (AvgIpc) is 3.22. The van der Waals surface area contributed by atoms with E-state index in [1.807, 2.05) is 17.0 Å². The Labute approximate surface area is 188 Å². The van der Waals surface area contributed by atoms with Crippen molar-refractivity contribution < 1.29 is 9.18 Å². The smallest absolute Gasteiger partial charge is 0.321 e. The lowest BCUT2D eigenvalue weighted by Gasteiger charge is -2.44. The number of anilines is 1. The number of carbonyl (C=O) groups is 1. The van der Waals surface area contributed by atoms with Crippen LogP contribution in [0.3, 0.4) is 0 Å². The molecule has 5 nitrogen and oxygen atoms in total. The fourth-order valence-corrected chi connectivity index (χ4v) is 5.28. The van der Waals surface area contributed by atoms with Crippen LogP contribution in [0.4, 0.5) is 14.9 Å². The molecule has 4 rings (SSSR count). The lowest BCUT2D eigenvalue weighted by Crippen LogP contribution is -2.44. The van der Waals surface area contributed by atoms with Gasteiger partial charge in [0.15, 0.2) is 0 Å². The quantitative estimate of drug-likeness (QED) is 0.452. The summed E-state index contributed by atoms with van der Waals surface area (Å²) in [6.07, 6.45) is 3.64. The van der Waals surface area contributed by atoms with E-state index in [0.717, 1.165) is 29.3 Å². The molecule has 0 bridgehead atoms. The lowest BCUT2D eigenvalue weighted by atomic mass is 9.69. The number of carbonyl (C=O) groups excluding carboxylic acids is 1. The predicted octanol–water partition coefficient (Wildman–Crippen LogP) is 6.24. The minimum Gasteiger partial charge on any atom is -0.325 e. The molecule has 8 heteroatoms. The first-order valence-electron chi connectivity index (χ1n) is 10.5. The van der Waals surface area contributed by atoms with Crippen LogP contribution >= 0.6 is 20.8 Å². The van der Waals surface area contributed by atoms with Crippen LogP contribution in [0.1, 0.15) is 37.9 Å². The van der Waals surface area contributed by atoms with Crippen molar-refractivity contribution in [3.8, 4) is 0 Å². The molecule has 3 aromatic rings.